The number of amides is 1. The summed E-state index contributed by atoms with van der Waals surface area (Å²) >= 11 is 0. The Bertz CT molecular complexity index is 609. The van der Waals surface area contributed by atoms with Crippen molar-refractivity contribution in [3.05, 3.63) is 35.9 Å². The Morgan fingerprint density at radius 3 is 2.39 bits per heavy atom. The largest absolute Gasteiger partial charge is 0.339 e. The van der Waals surface area contributed by atoms with E-state index in [-0.39, 0.29) is 5.91 Å². The van der Waals surface area contributed by atoms with Crippen LogP contribution in [0.3, 0.4) is 0 Å². The van der Waals surface area contributed by atoms with Gasteiger partial charge < -0.3 is 4.90 Å². The van der Waals surface area contributed by atoms with Gasteiger partial charge in [0.15, 0.2) is 0 Å². The fourth-order valence-corrected chi connectivity index (χ4v) is 3.34. The second kappa shape index (κ2) is 7.90. The molecule has 2 rings (SSSR count). The summed E-state index contributed by atoms with van der Waals surface area (Å²) in [5.41, 5.74) is 0.727. The maximum Gasteiger partial charge on any atom is 0.278 e. The SMILES string of the molecule is CN(C)S(=O)(=O)NCCC1CCN(C(=O)c2ccccc2)CC1. The molecule has 1 aliphatic heterocycles. The molecule has 0 unspecified atom stereocenters. The van der Waals surface area contributed by atoms with Crippen molar-refractivity contribution in [1.29, 1.82) is 0 Å². The Hall–Kier alpha value is -1.44. The first-order valence-electron chi connectivity index (χ1n) is 7.91. The van der Waals surface area contributed by atoms with Crippen LogP contribution in [0.2, 0.25) is 0 Å². The average molecular weight is 339 g/mol. The zero-order valence-corrected chi connectivity index (χ0v) is 14.6. The highest BCUT2D eigenvalue weighted by Gasteiger charge is 2.23. The molecular formula is C16H25N3O3S. The molecule has 6 nitrogen and oxygen atoms in total. The third-order valence-corrected chi connectivity index (χ3v) is 5.77. The number of benzene rings is 1. The smallest absolute Gasteiger partial charge is 0.278 e. The number of hydrogen-bond acceptors (Lipinski definition) is 3. The summed E-state index contributed by atoms with van der Waals surface area (Å²) in [6.45, 7) is 1.91. The fourth-order valence-electron chi connectivity index (χ4n) is 2.71. The number of nitrogens with one attached hydrogen (secondary N) is 1. The molecule has 0 aromatic heterocycles. The van der Waals surface area contributed by atoms with Gasteiger partial charge in [0.05, 0.1) is 0 Å². The molecule has 1 aliphatic rings. The third kappa shape index (κ3) is 5.02. The lowest BCUT2D eigenvalue weighted by Gasteiger charge is -2.32. The maximum absolute atomic E-state index is 12.4. The Labute approximate surface area is 138 Å². The van der Waals surface area contributed by atoms with Gasteiger partial charge in [-0.3, -0.25) is 4.79 Å². The first kappa shape index (κ1) is 17.9. The van der Waals surface area contributed by atoms with Crippen LogP contribution in [0.25, 0.3) is 0 Å². The van der Waals surface area contributed by atoms with Gasteiger partial charge in [-0.2, -0.15) is 12.7 Å². The average Bonchev–Trinajstić information content (AvgIpc) is 2.55. The molecule has 0 spiro atoms. The lowest BCUT2D eigenvalue weighted by Crippen LogP contribution is -2.40. The molecule has 128 valence electrons. The lowest BCUT2D eigenvalue weighted by atomic mass is 9.93. The highest BCUT2D eigenvalue weighted by molar-refractivity contribution is 7.87. The van der Waals surface area contributed by atoms with Crippen molar-refractivity contribution < 1.29 is 13.2 Å². The molecule has 1 aromatic rings. The molecule has 0 radical (unpaired) electrons. The molecule has 0 atom stereocenters. The summed E-state index contributed by atoms with van der Waals surface area (Å²) in [7, 11) is -0.321. The van der Waals surface area contributed by atoms with Crippen LogP contribution in [-0.2, 0) is 10.2 Å². The van der Waals surface area contributed by atoms with Gasteiger partial charge in [0.2, 0.25) is 0 Å². The van der Waals surface area contributed by atoms with Crippen LogP contribution in [0, 0.1) is 5.92 Å². The molecule has 1 amide bonds. The second-order valence-electron chi connectivity index (χ2n) is 6.07. The number of nitrogens with zero attached hydrogens (tertiary/aromatic N) is 2. The van der Waals surface area contributed by atoms with Gasteiger partial charge in [0, 0.05) is 39.3 Å². The van der Waals surface area contributed by atoms with E-state index >= 15 is 0 Å². The molecule has 1 heterocycles. The van der Waals surface area contributed by atoms with E-state index < -0.39 is 10.2 Å². The van der Waals surface area contributed by atoms with Crippen molar-refractivity contribution in [3.63, 3.8) is 0 Å². The Morgan fingerprint density at radius 1 is 1.22 bits per heavy atom. The number of likely N-dealkylation sites (tertiary alicyclic amines) is 1. The van der Waals surface area contributed by atoms with Crippen LogP contribution < -0.4 is 4.72 Å². The number of hydrogen-bond donors (Lipinski definition) is 1. The van der Waals surface area contributed by atoms with Gasteiger partial charge in [-0.05, 0) is 37.3 Å². The molecule has 0 aliphatic carbocycles. The zero-order chi connectivity index (χ0) is 16.9. The molecule has 1 aromatic carbocycles. The Morgan fingerprint density at radius 2 is 1.83 bits per heavy atom. The van der Waals surface area contributed by atoms with Crippen LogP contribution in [-0.4, -0.2) is 57.3 Å². The monoisotopic (exact) mass is 339 g/mol. The Kier molecular flexibility index (Phi) is 6.15. The normalized spacial score (nSPS) is 16.7. The predicted molar refractivity (Wildman–Crippen MR) is 90.3 cm³/mol. The molecule has 0 bridgehead atoms. The van der Waals surface area contributed by atoms with Crippen molar-refractivity contribution in [2.45, 2.75) is 19.3 Å². The molecule has 1 N–H and O–H groups in total. The second-order valence-corrected chi connectivity index (χ2v) is 8.04. The van der Waals surface area contributed by atoms with Gasteiger partial charge in [0.1, 0.15) is 0 Å². The van der Waals surface area contributed by atoms with Gasteiger partial charge in [-0.1, -0.05) is 18.2 Å². The summed E-state index contributed by atoms with van der Waals surface area (Å²) in [6.07, 6.45) is 2.64. The van der Waals surface area contributed by atoms with Crippen molar-refractivity contribution in [3.8, 4) is 0 Å². The van der Waals surface area contributed by atoms with Crippen LogP contribution in [0.15, 0.2) is 30.3 Å². The van der Waals surface area contributed by atoms with Crippen LogP contribution >= 0.6 is 0 Å². The van der Waals surface area contributed by atoms with Crippen molar-refractivity contribution in [2.75, 3.05) is 33.7 Å². The number of rotatable bonds is 6. The molecular weight excluding hydrogens is 314 g/mol. The minimum absolute atomic E-state index is 0.0809. The maximum atomic E-state index is 12.4. The molecule has 1 saturated heterocycles. The predicted octanol–water partition coefficient (Wildman–Crippen LogP) is 1.32. The molecule has 1 fully saturated rings. The van der Waals surface area contributed by atoms with E-state index in [9.17, 15) is 13.2 Å². The van der Waals surface area contributed by atoms with E-state index in [2.05, 4.69) is 4.72 Å². The minimum Gasteiger partial charge on any atom is -0.339 e. The van der Waals surface area contributed by atoms with Gasteiger partial charge >= 0.3 is 0 Å². The van der Waals surface area contributed by atoms with E-state index in [0.717, 1.165) is 37.9 Å². The molecule has 0 saturated carbocycles. The third-order valence-electron chi connectivity index (χ3n) is 4.24. The van der Waals surface area contributed by atoms with E-state index in [4.69, 9.17) is 0 Å². The number of carbonyl (C=O) groups is 1. The summed E-state index contributed by atoms with van der Waals surface area (Å²) < 4.78 is 27.0. The highest BCUT2D eigenvalue weighted by Crippen LogP contribution is 2.21. The van der Waals surface area contributed by atoms with Gasteiger partial charge in [0.25, 0.3) is 16.1 Å². The van der Waals surface area contributed by atoms with E-state index in [0.29, 0.717) is 12.5 Å². The summed E-state index contributed by atoms with van der Waals surface area (Å²) in [5, 5.41) is 0. The first-order valence-corrected chi connectivity index (χ1v) is 9.35. The van der Waals surface area contributed by atoms with Crippen LogP contribution in [0.1, 0.15) is 29.6 Å². The first-order chi connectivity index (χ1) is 10.9. The molecule has 7 heteroatoms. The summed E-state index contributed by atoms with van der Waals surface area (Å²) in [4.78, 5) is 14.2. The standard InChI is InChI=1S/C16H25N3O3S/c1-18(2)23(21,22)17-11-8-14-9-12-19(13-10-14)16(20)15-6-4-3-5-7-15/h3-7,14,17H,8-13H2,1-2H3. The summed E-state index contributed by atoms with van der Waals surface area (Å²) in [5.74, 6) is 0.539. The lowest BCUT2D eigenvalue weighted by molar-refractivity contribution is 0.0687. The van der Waals surface area contributed by atoms with Crippen LogP contribution in [0.5, 0.6) is 0 Å². The van der Waals surface area contributed by atoms with Gasteiger partial charge in [-0.25, -0.2) is 4.72 Å². The topological polar surface area (TPSA) is 69.7 Å². The molecule has 23 heavy (non-hydrogen) atoms. The quantitative estimate of drug-likeness (QED) is 0.850. The van der Waals surface area contributed by atoms with Crippen molar-refractivity contribution >= 4 is 16.1 Å². The minimum atomic E-state index is -3.34. The summed E-state index contributed by atoms with van der Waals surface area (Å²) in [6, 6.07) is 9.32. The van der Waals surface area contributed by atoms with Gasteiger partial charge in [-0.15, -0.1) is 0 Å². The van der Waals surface area contributed by atoms with Crippen LogP contribution in [0.4, 0.5) is 0 Å². The van der Waals surface area contributed by atoms with E-state index in [1.165, 1.54) is 18.4 Å². The van der Waals surface area contributed by atoms with Crippen molar-refractivity contribution in [1.82, 2.24) is 13.9 Å². The Balaban J connectivity index is 1.75. The number of piperidine rings is 1. The zero-order valence-electron chi connectivity index (χ0n) is 13.7. The van der Waals surface area contributed by atoms with E-state index in [1.807, 2.05) is 35.2 Å². The van der Waals surface area contributed by atoms with Crippen molar-refractivity contribution in [2.24, 2.45) is 5.92 Å². The highest BCUT2D eigenvalue weighted by atomic mass is 32.2. The fraction of sp³-hybridized carbons (Fsp3) is 0.562. The van der Waals surface area contributed by atoms with E-state index in [1.54, 1.807) is 0 Å². The number of carbonyl (C=O) groups excluding carboxylic acids is 1.